The van der Waals surface area contributed by atoms with Gasteiger partial charge in [0.25, 0.3) is 5.91 Å². The molecule has 1 atom stereocenters. The number of likely N-dealkylation sites (tertiary alicyclic amines) is 1. The number of nitrogens with two attached hydrogens (primary N) is 1. The molecule has 1 amide bonds. The first-order valence-electron chi connectivity index (χ1n) is 7.46. The van der Waals surface area contributed by atoms with Crippen LogP contribution in [0.25, 0.3) is 0 Å². The van der Waals surface area contributed by atoms with Crippen molar-refractivity contribution in [2.45, 2.75) is 25.4 Å². The van der Waals surface area contributed by atoms with E-state index < -0.39 is 0 Å². The van der Waals surface area contributed by atoms with Crippen LogP contribution in [0.5, 0.6) is 0 Å². The van der Waals surface area contributed by atoms with Crippen LogP contribution < -0.4 is 5.73 Å². The topological polar surface area (TPSA) is 64.2 Å². The number of carbonyl (C=O) groups excluding carboxylic acids is 1. The molecular formula is C16H19ClN4O. The zero-order valence-electron chi connectivity index (χ0n) is 12.3. The summed E-state index contributed by atoms with van der Waals surface area (Å²) in [6, 6.07) is 7.79. The van der Waals surface area contributed by atoms with Crippen molar-refractivity contribution in [3.8, 4) is 0 Å². The van der Waals surface area contributed by atoms with Gasteiger partial charge in [-0.05, 0) is 24.5 Å². The number of nitrogens with zero attached hydrogens (tertiary/aromatic N) is 3. The molecule has 1 aromatic carbocycles. The highest BCUT2D eigenvalue weighted by Gasteiger charge is 2.28. The van der Waals surface area contributed by atoms with Crippen molar-refractivity contribution in [3.05, 3.63) is 52.8 Å². The maximum atomic E-state index is 12.5. The number of rotatable bonds is 4. The predicted molar refractivity (Wildman–Crippen MR) is 85.9 cm³/mol. The number of carbonyl (C=O) groups is 1. The number of aromatic nitrogens is 2. The van der Waals surface area contributed by atoms with Crippen molar-refractivity contribution in [2.75, 3.05) is 13.1 Å². The Labute approximate surface area is 134 Å². The molecule has 1 fully saturated rings. The second-order valence-corrected chi connectivity index (χ2v) is 5.96. The number of hydrogen-bond donors (Lipinski definition) is 1. The maximum Gasteiger partial charge on any atom is 0.257 e. The van der Waals surface area contributed by atoms with E-state index in [1.807, 2.05) is 29.2 Å². The second-order valence-electron chi connectivity index (χ2n) is 5.55. The van der Waals surface area contributed by atoms with Crippen molar-refractivity contribution < 1.29 is 4.79 Å². The largest absolute Gasteiger partial charge is 0.334 e. The molecule has 2 aromatic rings. The van der Waals surface area contributed by atoms with E-state index >= 15 is 0 Å². The Bertz CT molecular complexity index is 670. The van der Waals surface area contributed by atoms with E-state index in [1.54, 1.807) is 17.1 Å². The average molecular weight is 319 g/mol. The summed E-state index contributed by atoms with van der Waals surface area (Å²) in [7, 11) is 0. The van der Waals surface area contributed by atoms with Crippen LogP contribution in [0.2, 0.25) is 5.02 Å². The number of hydrogen-bond acceptors (Lipinski definition) is 3. The van der Waals surface area contributed by atoms with E-state index in [4.69, 9.17) is 17.3 Å². The van der Waals surface area contributed by atoms with Gasteiger partial charge in [0.15, 0.2) is 0 Å². The lowest BCUT2D eigenvalue weighted by molar-refractivity contribution is 0.0741. The van der Waals surface area contributed by atoms with Gasteiger partial charge < -0.3 is 10.6 Å². The SMILES string of the molecule is NCC1CCCN1C(=O)c1cnn(Cc2ccccc2Cl)c1. The van der Waals surface area contributed by atoms with Gasteiger partial charge in [0.1, 0.15) is 0 Å². The molecule has 2 heterocycles. The van der Waals surface area contributed by atoms with Crippen LogP contribution in [-0.4, -0.2) is 39.7 Å². The fraction of sp³-hybridized carbons (Fsp3) is 0.375. The summed E-state index contributed by atoms with van der Waals surface area (Å²) >= 11 is 6.15. The molecule has 0 spiro atoms. The lowest BCUT2D eigenvalue weighted by Gasteiger charge is -2.22. The third-order valence-electron chi connectivity index (χ3n) is 4.08. The van der Waals surface area contributed by atoms with Crippen LogP contribution in [0, 0.1) is 0 Å². The molecule has 1 aliphatic heterocycles. The van der Waals surface area contributed by atoms with Crippen LogP contribution in [0.1, 0.15) is 28.8 Å². The van der Waals surface area contributed by atoms with Crippen LogP contribution in [0.3, 0.4) is 0 Å². The van der Waals surface area contributed by atoms with Gasteiger partial charge >= 0.3 is 0 Å². The van der Waals surface area contributed by atoms with Crippen molar-refractivity contribution in [2.24, 2.45) is 5.73 Å². The molecule has 116 valence electrons. The summed E-state index contributed by atoms with van der Waals surface area (Å²) in [6.07, 6.45) is 5.39. The summed E-state index contributed by atoms with van der Waals surface area (Å²) in [6.45, 7) is 1.84. The van der Waals surface area contributed by atoms with Crippen molar-refractivity contribution in [1.29, 1.82) is 0 Å². The van der Waals surface area contributed by atoms with Crippen LogP contribution in [0.15, 0.2) is 36.7 Å². The molecule has 2 N–H and O–H groups in total. The smallest absolute Gasteiger partial charge is 0.257 e. The van der Waals surface area contributed by atoms with Gasteiger partial charge in [-0.2, -0.15) is 5.10 Å². The molecule has 0 saturated carbocycles. The Balaban J connectivity index is 1.74. The van der Waals surface area contributed by atoms with Gasteiger partial charge in [-0.15, -0.1) is 0 Å². The van der Waals surface area contributed by atoms with Crippen LogP contribution >= 0.6 is 11.6 Å². The summed E-state index contributed by atoms with van der Waals surface area (Å²) < 4.78 is 1.74. The molecular weight excluding hydrogens is 300 g/mol. The minimum absolute atomic E-state index is 0.0124. The predicted octanol–water partition coefficient (Wildman–Crippen LogP) is 2.15. The van der Waals surface area contributed by atoms with Crippen LogP contribution in [-0.2, 0) is 6.54 Å². The maximum absolute atomic E-state index is 12.5. The van der Waals surface area contributed by atoms with E-state index in [-0.39, 0.29) is 11.9 Å². The molecule has 1 unspecified atom stereocenters. The first kappa shape index (κ1) is 15.1. The average Bonchev–Trinajstić information content (AvgIpc) is 3.17. The van der Waals surface area contributed by atoms with E-state index in [0.717, 1.165) is 24.9 Å². The Hall–Kier alpha value is -1.85. The monoisotopic (exact) mass is 318 g/mol. The van der Waals surface area contributed by atoms with E-state index in [0.29, 0.717) is 23.7 Å². The molecule has 1 saturated heterocycles. The quantitative estimate of drug-likeness (QED) is 0.939. The standard InChI is InChI=1S/C16H19ClN4O/c17-15-6-2-1-4-12(15)10-20-11-13(9-19-20)16(22)21-7-3-5-14(21)8-18/h1-2,4,6,9,11,14H,3,5,7-8,10,18H2. The molecule has 3 rings (SSSR count). The van der Waals surface area contributed by atoms with E-state index in [9.17, 15) is 4.79 Å². The van der Waals surface area contributed by atoms with Gasteiger partial charge in [-0.1, -0.05) is 29.8 Å². The number of amides is 1. The van der Waals surface area contributed by atoms with Crippen molar-refractivity contribution in [1.82, 2.24) is 14.7 Å². The Morgan fingerprint density at radius 1 is 1.41 bits per heavy atom. The first-order chi connectivity index (χ1) is 10.7. The zero-order valence-corrected chi connectivity index (χ0v) is 13.0. The minimum Gasteiger partial charge on any atom is -0.334 e. The molecule has 1 aliphatic rings. The van der Waals surface area contributed by atoms with Gasteiger partial charge in [0.2, 0.25) is 0 Å². The van der Waals surface area contributed by atoms with E-state index in [2.05, 4.69) is 5.10 Å². The van der Waals surface area contributed by atoms with E-state index in [1.165, 1.54) is 0 Å². The fourth-order valence-corrected chi connectivity index (χ4v) is 3.07. The zero-order chi connectivity index (χ0) is 15.5. The Morgan fingerprint density at radius 3 is 3.00 bits per heavy atom. The molecule has 1 aromatic heterocycles. The number of benzene rings is 1. The lowest BCUT2D eigenvalue weighted by atomic mass is 10.2. The van der Waals surface area contributed by atoms with Crippen molar-refractivity contribution >= 4 is 17.5 Å². The third-order valence-corrected chi connectivity index (χ3v) is 4.45. The molecule has 0 bridgehead atoms. The molecule has 0 aliphatic carbocycles. The Morgan fingerprint density at radius 2 is 2.23 bits per heavy atom. The van der Waals surface area contributed by atoms with Gasteiger partial charge in [-0.3, -0.25) is 9.48 Å². The highest BCUT2D eigenvalue weighted by Crippen LogP contribution is 2.20. The highest BCUT2D eigenvalue weighted by atomic mass is 35.5. The first-order valence-corrected chi connectivity index (χ1v) is 7.83. The molecule has 6 heteroatoms. The highest BCUT2D eigenvalue weighted by molar-refractivity contribution is 6.31. The minimum atomic E-state index is 0.0124. The summed E-state index contributed by atoms with van der Waals surface area (Å²) in [4.78, 5) is 14.4. The number of halogens is 1. The second kappa shape index (κ2) is 6.50. The molecule has 5 nitrogen and oxygen atoms in total. The third kappa shape index (κ3) is 3.00. The normalized spacial score (nSPS) is 17.9. The molecule has 22 heavy (non-hydrogen) atoms. The summed E-state index contributed by atoms with van der Waals surface area (Å²) in [5, 5.41) is 4.98. The molecule has 0 radical (unpaired) electrons. The van der Waals surface area contributed by atoms with Gasteiger partial charge in [-0.25, -0.2) is 0 Å². The van der Waals surface area contributed by atoms with Gasteiger partial charge in [0, 0.05) is 30.4 Å². The summed E-state index contributed by atoms with van der Waals surface area (Å²) in [5.41, 5.74) is 7.32. The van der Waals surface area contributed by atoms with Gasteiger partial charge in [0.05, 0.1) is 18.3 Å². The fourth-order valence-electron chi connectivity index (χ4n) is 2.88. The van der Waals surface area contributed by atoms with Crippen molar-refractivity contribution in [3.63, 3.8) is 0 Å². The lowest BCUT2D eigenvalue weighted by Crippen LogP contribution is -2.39. The Kier molecular flexibility index (Phi) is 4.45. The summed E-state index contributed by atoms with van der Waals surface area (Å²) in [5.74, 6) is 0.0124. The van der Waals surface area contributed by atoms with Crippen LogP contribution in [0.4, 0.5) is 0 Å².